The first kappa shape index (κ1) is 4.77. The van der Waals surface area contributed by atoms with Crippen LogP contribution in [0.5, 0.6) is 0 Å². The molecule has 0 aromatic rings. The molecule has 0 radical (unpaired) electrons. The molecule has 2 unspecified atom stereocenters. The van der Waals surface area contributed by atoms with E-state index in [2.05, 4.69) is 6.92 Å². The van der Waals surface area contributed by atoms with Crippen molar-refractivity contribution in [2.24, 2.45) is 0 Å². The third-order valence-electron chi connectivity index (χ3n) is 1.73. The zero-order valence-electron chi connectivity index (χ0n) is 4.96. The molecule has 8 heavy (non-hydrogen) atoms. The number of rotatable bonds is 2. The molecule has 0 spiro atoms. The van der Waals surface area contributed by atoms with E-state index in [1.165, 1.54) is 0 Å². The average Bonchev–Trinajstić information content (AvgIpc) is 2.52. The SMILES string of the molecule is CC1O[C@@H]1CC1CO1. The summed E-state index contributed by atoms with van der Waals surface area (Å²) in [6.07, 6.45) is 2.72. The van der Waals surface area contributed by atoms with E-state index in [9.17, 15) is 0 Å². The number of hydrogen-bond acceptors (Lipinski definition) is 2. The van der Waals surface area contributed by atoms with Gasteiger partial charge in [-0.3, -0.25) is 0 Å². The van der Waals surface area contributed by atoms with Crippen molar-refractivity contribution in [2.75, 3.05) is 6.61 Å². The lowest BCUT2D eigenvalue weighted by molar-refractivity contribution is 0.335. The van der Waals surface area contributed by atoms with E-state index in [0.717, 1.165) is 13.0 Å². The Morgan fingerprint density at radius 3 is 2.62 bits per heavy atom. The van der Waals surface area contributed by atoms with Gasteiger partial charge in [-0.15, -0.1) is 0 Å². The first-order valence-electron chi connectivity index (χ1n) is 3.13. The molecule has 0 bridgehead atoms. The van der Waals surface area contributed by atoms with Crippen LogP contribution in [0, 0.1) is 0 Å². The molecular formula is C6H10O2. The van der Waals surface area contributed by atoms with Crippen molar-refractivity contribution in [1.29, 1.82) is 0 Å². The normalized spacial score (nSPS) is 51.4. The van der Waals surface area contributed by atoms with Crippen LogP contribution in [-0.4, -0.2) is 24.9 Å². The highest BCUT2D eigenvalue weighted by atomic mass is 16.6. The third-order valence-corrected chi connectivity index (χ3v) is 1.73. The fraction of sp³-hybridized carbons (Fsp3) is 1.00. The number of ether oxygens (including phenoxy) is 2. The standard InChI is InChI=1S/C6H10O2/c1-4-6(8-4)2-5-3-7-5/h4-6H,2-3H2,1H3/t4?,5?,6-/m1/s1. The molecule has 2 aliphatic heterocycles. The molecule has 0 N–H and O–H groups in total. The maximum Gasteiger partial charge on any atom is 0.0864 e. The quantitative estimate of drug-likeness (QED) is 0.490. The average molecular weight is 114 g/mol. The highest BCUT2D eigenvalue weighted by Crippen LogP contribution is 2.30. The van der Waals surface area contributed by atoms with Crippen LogP contribution in [0.4, 0.5) is 0 Å². The summed E-state index contributed by atoms with van der Waals surface area (Å²) in [5.74, 6) is 0. The van der Waals surface area contributed by atoms with Crippen molar-refractivity contribution in [3.63, 3.8) is 0 Å². The van der Waals surface area contributed by atoms with Crippen molar-refractivity contribution in [3.8, 4) is 0 Å². The van der Waals surface area contributed by atoms with Gasteiger partial charge in [-0.2, -0.15) is 0 Å². The minimum Gasteiger partial charge on any atom is -0.373 e. The Bertz CT molecular complexity index is 98.7. The second-order valence-electron chi connectivity index (χ2n) is 2.57. The molecule has 2 aliphatic rings. The minimum absolute atomic E-state index is 0.513. The predicted molar refractivity (Wildman–Crippen MR) is 28.7 cm³/mol. The summed E-state index contributed by atoms with van der Waals surface area (Å²) >= 11 is 0. The van der Waals surface area contributed by atoms with Gasteiger partial charge < -0.3 is 9.47 Å². The Kier molecular flexibility index (Phi) is 0.866. The largest absolute Gasteiger partial charge is 0.373 e. The van der Waals surface area contributed by atoms with Gasteiger partial charge >= 0.3 is 0 Å². The summed E-state index contributed by atoms with van der Waals surface area (Å²) in [4.78, 5) is 0. The smallest absolute Gasteiger partial charge is 0.0864 e. The zero-order valence-corrected chi connectivity index (χ0v) is 4.96. The Balaban J connectivity index is 1.69. The Hall–Kier alpha value is -0.0800. The fourth-order valence-electron chi connectivity index (χ4n) is 0.941. The highest BCUT2D eigenvalue weighted by molar-refractivity contribution is 4.86. The lowest BCUT2D eigenvalue weighted by Crippen LogP contribution is -1.94. The molecule has 2 heteroatoms. The maximum atomic E-state index is 5.19. The second-order valence-corrected chi connectivity index (χ2v) is 2.57. The van der Waals surface area contributed by atoms with Gasteiger partial charge in [0.15, 0.2) is 0 Å². The topological polar surface area (TPSA) is 25.1 Å². The molecule has 2 heterocycles. The van der Waals surface area contributed by atoms with Crippen LogP contribution in [0.1, 0.15) is 13.3 Å². The molecule has 0 aromatic heterocycles. The minimum atomic E-state index is 0.513. The summed E-state index contributed by atoms with van der Waals surface area (Å²) < 4.78 is 10.2. The predicted octanol–water partition coefficient (Wildman–Crippen LogP) is 0.563. The van der Waals surface area contributed by atoms with Crippen molar-refractivity contribution in [3.05, 3.63) is 0 Å². The van der Waals surface area contributed by atoms with Gasteiger partial charge in [0, 0.05) is 6.42 Å². The molecule has 0 amide bonds. The molecule has 2 fully saturated rings. The molecule has 0 aliphatic carbocycles. The van der Waals surface area contributed by atoms with Gasteiger partial charge in [-0.05, 0) is 6.92 Å². The highest BCUT2D eigenvalue weighted by Gasteiger charge is 2.39. The van der Waals surface area contributed by atoms with Gasteiger partial charge in [0.25, 0.3) is 0 Å². The van der Waals surface area contributed by atoms with E-state index >= 15 is 0 Å². The second kappa shape index (κ2) is 1.45. The lowest BCUT2D eigenvalue weighted by Gasteiger charge is -1.82. The van der Waals surface area contributed by atoms with Gasteiger partial charge in [-0.25, -0.2) is 0 Å². The van der Waals surface area contributed by atoms with E-state index in [1.807, 2.05) is 0 Å². The molecule has 0 saturated carbocycles. The van der Waals surface area contributed by atoms with Gasteiger partial charge in [0.05, 0.1) is 24.9 Å². The summed E-state index contributed by atoms with van der Waals surface area (Å²) in [5, 5.41) is 0. The molecule has 3 atom stereocenters. The van der Waals surface area contributed by atoms with Crippen LogP contribution < -0.4 is 0 Å². The summed E-state index contributed by atoms with van der Waals surface area (Å²) in [7, 11) is 0. The van der Waals surface area contributed by atoms with Crippen LogP contribution in [0.3, 0.4) is 0 Å². The fourth-order valence-corrected chi connectivity index (χ4v) is 0.941. The Morgan fingerprint density at radius 1 is 1.62 bits per heavy atom. The molecule has 2 rings (SSSR count). The van der Waals surface area contributed by atoms with Crippen molar-refractivity contribution in [1.82, 2.24) is 0 Å². The van der Waals surface area contributed by atoms with E-state index < -0.39 is 0 Å². The molecule has 0 aromatic carbocycles. The van der Waals surface area contributed by atoms with E-state index in [-0.39, 0.29) is 0 Å². The Labute approximate surface area is 48.8 Å². The third kappa shape index (κ3) is 0.858. The van der Waals surface area contributed by atoms with E-state index in [1.54, 1.807) is 0 Å². The van der Waals surface area contributed by atoms with Crippen LogP contribution >= 0.6 is 0 Å². The summed E-state index contributed by atoms with van der Waals surface area (Å²) in [5.41, 5.74) is 0. The van der Waals surface area contributed by atoms with Crippen LogP contribution in [0.15, 0.2) is 0 Å². The van der Waals surface area contributed by atoms with Crippen molar-refractivity contribution < 1.29 is 9.47 Å². The molecule has 2 saturated heterocycles. The maximum absolute atomic E-state index is 5.19. The first-order valence-corrected chi connectivity index (χ1v) is 3.13. The van der Waals surface area contributed by atoms with Crippen molar-refractivity contribution >= 4 is 0 Å². The monoisotopic (exact) mass is 114 g/mol. The number of epoxide rings is 2. The van der Waals surface area contributed by atoms with Crippen LogP contribution in [0.2, 0.25) is 0 Å². The summed E-state index contributed by atoms with van der Waals surface area (Å²) in [6, 6.07) is 0. The first-order chi connectivity index (χ1) is 3.86. The zero-order chi connectivity index (χ0) is 5.56. The molecule has 46 valence electrons. The number of hydrogen-bond donors (Lipinski definition) is 0. The van der Waals surface area contributed by atoms with Gasteiger partial charge in [0.1, 0.15) is 0 Å². The lowest BCUT2D eigenvalue weighted by atomic mass is 10.2. The van der Waals surface area contributed by atoms with E-state index in [4.69, 9.17) is 9.47 Å². The van der Waals surface area contributed by atoms with Crippen LogP contribution in [0.25, 0.3) is 0 Å². The summed E-state index contributed by atoms with van der Waals surface area (Å²) in [6.45, 7) is 3.07. The van der Waals surface area contributed by atoms with Gasteiger partial charge in [-0.1, -0.05) is 0 Å². The van der Waals surface area contributed by atoms with Crippen molar-refractivity contribution in [2.45, 2.75) is 31.7 Å². The van der Waals surface area contributed by atoms with Gasteiger partial charge in [0.2, 0.25) is 0 Å². The van der Waals surface area contributed by atoms with E-state index in [0.29, 0.717) is 18.3 Å². The Morgan fingerprint density at radius 2 is 2.25 bits per heavy atom. The van der Waals surface area contributed by atoms with Crippen LogP contribution in [-0.2, 0) is 9.47 Å². The molecular weight excluding hydrogens is 104 g/mol. The molecule has 2 nitrogen and oxygen atoms in total.